The summed E-state index contributed by atoms with van der Waals surface area (Å²) >= 11 is 6.22. The summed E-state index contributed by atoms with van der Waals surface area (Å²) in [7, 11) is -8.78. The third kappa shape index (κ3) is 7.67. The number of hydrogen-bond acceptors (Lipinski definition) is 9. The second-order valence-corrected chi connectivity index (χ2v) is 13.5. The summed E-state index contributed by atoms with van der Waals surface area (Å²) in [6.45, 7) is 2.37. The molecule has 1 aliphatic rings. The molecule has 0 saturated heterocycles. The van der Waals surface area contributed by atoms with Crippen LogP contribution in [0.4, 0.5) is 5.69 Å². The van der Waals surface area contributed by atoms with Crippen molar-refractivity contribution in [2.45, 2.75) is 32.7 Å². The smallest absolute Gasteiger partial charge is 0.374 e. The zero-order valence-electron chi connectivity index (χ0n) is 23.2. The molecule has 1 aliphatic heterocycles. The van der Waals surface area contributed by atoms with Crippen molar-refractivity contribution in [3.8, 4) is 11.4 Å². The van der Waals surface area contributed by atoms with Crippen molar-refractivity contribution in [1.82, 2.24) is 4.57 Å². The molecule has 0 aliphatic carbocycles. The lowest BCUT2D eigenvalue weighted by Gasteiger charge is -2.19. The van der Waals surface area contributed by atoms with Crippen molar-refractivity contribution in [2.75, 3.05) is 23.0 Å². The first-order valence-electron chi connectivity index (χ1n) is 13.5. The Labute approximate surface area is 254 Å². The van der Waals surface area contributed by atoms with Crippen LogP contribution in [-0.2, 0) is 26.8 Å². The van der Waals surface area contributed by atoms with E-state index in [1.165, 1.54) is 0 Å². The third-order valence-electron chi connectivity index (χ3n) is 6.89. The first kappa shape index (κ1) is 30.8. The number of fused-ring (bicyclic) bond motifs is 2. The molecule has 0 atom stereocenters. The quantitative estimate of drug-likeness (QED) is 0.159. The Morgan fingerprint density at radius 3 is 2.42 bits per heavy atom. The third-order valence-corrected chi connectivity index (χ3v) is 8.70. The number of ether oxygens (including phenoxy) is 1. The van der Waals surface area contributed by atoms with E-state index in [2.05, 4.69) is 0 Å². The molecule has 0 saturated carbocycles. The molecule has 0 spiro atoms. The van der Waals surface area contributed by atoms with Gasteiger partial charge in [-0.1, -0.05) is 18.5 Å². The normalized spacial score (nSPS) is 14.9. The minimum atomic E-state index is -4.39. The standard InChI is InChI=1S/C29H30ClN3O8S2/c1-2-21(17-28-32(13-5-15-42(34,35)36)24-19-22(30)7-9-26(24)40-28)18-29-33(14-6-16-43(37,38)39)25-20-23(8-10-27(25)41-29)31-11-3-4-12-31/h3-4,7-12,17-20H,2,5-6,13-16H2,1H3,(H-,34,35,36,37,38,39)/p-1. The fourth-order valence-corrected chi connectivity index (χ4v) is 6.00. The predicted molar refractivity (Wildman–Crippen MR) is 160 cm³/mol. The van der Waals surface area contributed by atoms with E-state index in [0.29, 0.717) is 40.2 Å². The molecule has 0 unspecified atom stereocenters. The molecule has 43 heavy (non-hydrogen) atoms. The van der Waals surface area contributed by atoms with Gasteiger partial charge in [0.05, 0.1) is 37.7 Å². The summed E-state index contributed by atoms with van der Waals surface area (Å²) in [5.74, 6) is 0.362. The SMILES string of the molecule is CCC(/C=C1\Oc2ccc(Cl)cc2N1CCCS(=O)(=O)[O-])=C\c1oc2ccc(-n3cccc3)cc2[n+]1CCCS(=O)(=O)[O-]. The van der Waals surface area contributed by atoms with Crippen LogP contribution >= 0.6 is 11.6 Å². The summed E-state index contributed by atoms with van der Waals surface area (Å²) in [5, 5.41) is 0.471. The van der Waals surface area contributed by atoms with Crippen LogP contribution in [0.15, 0.2) is 82.9 Å². The number of benzene rings is 2. The molecule has 4 aromatic rings. The van der Waals surface area contributed by atoms with Gasteiger partial charge < -0.3 is 27.7 Å². The first-order chi connectivity index (χ1) is 20.4. The van der Waals surface area contributed by atoms with E-state index in [0.717, 1.165) is 16.8 Å². The molecule has 0 bridgehead atoms. The maximum Gasteiger partial charge on any atom is 0.374 e. The minimum Gasteiger partial charge on any atom is -0.748 e. The van der Waals surface area contributed by atoms with Crippen LogP contribution in [0.2, 0.25) is 5.02 Å². The molecule has 228 valence electrons. The summed E-state index contributed by atoms with van der Waals surface area (Å²) in [4.78, 5) is 1.77. The zero-order chi connectivity index (χ0) is 30.8. The summed E-state index contributed by atoms with van der Waals surface area (Å²) < 4.78 is 83.7. The monoisotopic (exact) mass is 646 g/mol. The molecular formula is C29H29ClN3O8S2-. The van der Waals surface area contributed by atoms with Gasteiger partial charge in [-0.05, 0) is 60.9 Å². The van der Waals surface area contributed by atoms with E-state index in [-0.39, 0.29) is 25.9 Å². The van der Waals surface area contributed by atoms with E-state index in [9.17, 15) is 25.9 Å². The minimum absolute atomic E-state index is 0.0829. The lowest BCUT2D eigenvalue weighted by atomic mass is 10.1. The molecule has 14 heteroatoms. The molecule has 0 amide bonds. The van der Waals surface area contributed by atoms with E-state index >= 15 is 0 Å². The topological polar surface area (TPSA) is 149 Å². The van der Waals surface area contributed by atoms with Gasteiger partial charge in [-0.2, -0.15) is 4.57 Å². The van der Waals surface area contributed by atoms with Crippen molar-refractivity contribution in [3.63, 3.8) is 0 Å². The number of anilines is 1. The van der Waals surface area contributed by atoms with Gasteiger partial charge in [0, 0.05) is 54.0 Å². The number of aromatic nitrogens is 2. The van der Waals surface area contributed by atoms with Crippen molar-refractivity contribution in [2.24, 2.45) is 0 Å². The van der Waals surface area contributed by atoms with Crippen LogP contribution in [0.25, 0.3) is 22.9 Å². The van der Waals surface area contributed by atoms with Gasteiger partial charge in [0.2, 0.25) is 11.5 Å². The maximum atomic E-state index is 11.3. The Kier molecular flexibility index (Phi) is 8.99. The van der Waals surface area contributed by atoms with Gasteiger partial charge in [0.1, 0.15) is 0 Å². The van der Waals surface area contributed by atoms with Gasteiger partial charge in [0.25, 0.3) is 5.52 Å². The van der Waals surface area contributed by atoms with Gasteiger partial charge in [-0.25, -0.2) is 16.8 Å². The van der Waals surface area contributed by atoms with Crippen LogP contribution < -0.4 is 14.2 Å². The number of aryl methyl sites for hydroxylation is 1. The second-order valence-electron chi connectivity index (χ2n) is 9.99. The van der Waals surface area contributed by atoms with E-state index < -0.39 is 31.7 Å². The predicted octanol–water partition coefficient (Wildman–Crippen LogP) is 4.57. The van der Waals surface area contributed by atoms with Crippen molar-refractivity contribution in [1.29, 1.82) is 0 Å². The van der Waals surface area contributed by atoms with Crippen molar-refractivity contribution in [3.05, 3.63) is 89.4 Å². The molecule has 0 N–H and O–H groups in total. The van der Waals surface area contributed by atoms with Crippen LogP contribution in [-0.4, -0.2) is 48.6 Å². The number of oxazole rings is 1. The largest absolute Gasteiger partial charge is 0.748 e. The lowest BCUT2D eigenvalue weighted by Crippen LogP contribution is -2.36. The fraction of sp³-hybridized carbons (Fsp3) is 0.276. The van der Waals surface area contributed by atoms with Crippen molar-refractivity contribution >= 4 is 54.7 Å². The average molecular weight is 647 g/mol. The zero-order valence-corrected chi connectivity index (χ0v) is 25.6. The number of allylic oxidation sites excluding steroid dienone is 2. The molecule has 11 nitrogen and oxygen atoms in total. The molecule has 2 aromatic heterocycles. The Morgan fingerprint density at radius 1 is 1.00 bits per heavy atom. The van der Waals surface area contributed by atoms with Crippen LogP contribution in [0, 0.1) is 0 Å². The van der Waals surface area contributed by atoms with Gasteiger partial charge in [-0.3, -0.25) is 0 Å². The van der Waals surface area contributed by atoms with Crippen LogP contribution in [0.1, 0.15) is 32.1 Å². The first-order valence-corrected chi connectivity index (χ1v) is 17.1. The number of hydrogen-bond donors (Lipinski definition) is 0. The molecular weight excluding hydrogens is 618 g/mol. The van der Waals surface area contributed by atoms with E-state index in [1.807, 2.05) is 64.9 Å². The Morgan fingerprint density at radius 2 is 1.72 bits per heavy atom. The highest BCUT2D eigenvalue weighted by Crippen LogP contribution is 2.41. The van der Waals surface area contributed by atoms with E-state index in [4.69, 9.17) is 20.8 Å². The highest BCUT2D eigenvalue weighted by molar-refractivity contribution is 7.85. The van der Waals surface area contributed by atoms with Crippen molar-refractivity contribution < 1.29 is 39.7 Å². The molecule has 2 aromatic carbocycles. The number of nitrogens with zero attached hydrogens (tertiary/aromatic N) is 3. The van der Waals surface area contributed by atoms with Gasteiger partial charge in [0.15, 0.2) is 12.3 Å². The second kappa shape index (κ2) is 12.5. The highest BCUT2D eigenvalue weighted by atomic mass is 35.5. The molecule has 0 fully saturated rings. The summed E-state index contributed by atoms with van der Waals surface area (Å²) in [6.07, 6.45) is 8.15. The van der Waals surface area contributed by atoms with E-state index in [1.54, 1.807) is 29.2 Å². The maximum absolute atomic E-state index is 11.3. The average Bonchev–Trinajstić information content (AvgIpc) is 3.65. The Hall–Kier alpha value is -3.62. The summed E-state index contributed by atoms with van der Waals surface area (Å²) in [5.41, 5.74) is 3.61. The molecule has 0 radical (unpaired) electrons. The van der Waals surface area contributed by atoms with Crippen LogP contribution in [0.3, 0.4) is 0 Å². The Bertz CT molecular complexity index is 1910. The summed E-state index contributed by atoms with van der Waals surface area (Å²) in [6, 6.07) is 14.6. The fourth-order valence-electron chi connectivity index (χ4n) is 4.87. The van der Waals surface area contributed by atoms with Gasteiger partial charge in [-0.15, -0.1) is 0 Å². The highest BCUT2D eigenvalue weighted by Gasteiger charge is 2.28. The number of halogens is 1. The molecule has 5 rings (SSSR count). The Balaban J connectivity index is 1.53. The van der Waals surface area contributed by atoms with Gasteiger partial charge >= 0.3 is 5.89 Å². The molecule has 3 heterocycles. The lowest BCUT2D eigenvalue weighted by molar-refractivity contribution is -0.677. The number of rotatable bonds is 12. The van der Waals surface area contributed by atoms with Crippen LogP contribution in [0.5, 0.6) is 5.75 Å².